The number of benzene rings is 1. The Hall–Kier alpha value is -2.05. The van der Waals surface area contributed by atoms with Gasteiger partial charge in [0.05, 0.1) is 30.0 Å². The van der Waals surface area contributed by atoms with Gasteiger partial charge in [0.2, 0.25) is 5.91 Å². The van der Waals surface area contributed by atoms with Crippen molar-refractivity contribution in [1.82, 2.24) is 0 Å². The summed E-state index contributed by atoms with van der Waals surface area (Å²) in [6.07, 6.45) is -3.18. The molecule has 1 aromatic carbocycles. The second-order valence-electron chi connectivity index (χ2n) is 3.86. The first-order valence-electron chi connectivity index (χ1n) is 5.62. The first kappa shape index (κ1) is 13.4. The summed E-state index contributed by atoms with van der Waals surface area (Å²) in [5.41, 5.74) is -0.637. The molecule has 1 amide bonds. The second kappa shape index (κ2) is 4.91. The van der Waals surface area contributed by atoms with Gasteiger partial charge >= 0.3 is 6.18 Å². The molecule has 1 N–H and O–H groups in total. The predicted molar refractivity (Wildman–Crippen MR) is 64.0 cm³/mol. The number of halogens is 3. The third-order valence-corrected chi connectivity index (χ3v) is 2.48. The van der Waals surface area contributed by atoms with E-state index in [1.165, 1.54) is 12.3 Å². The number of nitrogens with one attached hydrogen (secondary N) is 1. The number of rotatable bonds is 2. The van der Waals surface area contributed by atoms with E-state index in [-0.39, 0.29) is 30.2 Å². The van der Waals surface area contributed by atoms with E-state index in [1.807, 2.05) is 0 Å². The van der Waals surface area contributed by atoms with Crippen LogP contribution in [-0.4, -0.2) is 18.7 Å². The molecule has 0 unspecified atom stereocenters. The quantitative estimate of drug-likeness (QED) is 0.899. The Balaban J connectivity index is 2.56. The highest BCUT2D eigenvalue weighted by Gasteiger charge is 2.35. The molecule has 2 rings (SSSR count). The van der Waals surface area contributed by atoms with Gasteiger partial charge in [0.15, 0.2) is 0 Å². The Morgan fingerprint density at radius 2 is 2.16 bits per heavy atom. The topological polar surface area (TPSA) is 50.7 Å². The number of nitrogens with zero attached hydrogens (tertiary/aromatic N) is 1. The number of anilines is 1. The van der Waals surface area contributed by atoms with Gasteiger partial charge in [-0.25, -0.2) is 0 Å². The van der Waals surface area contributed by atoms with E-state index in [2.05, 4.69) is 10.3 Å². The smallest absolute Gasteiger partial charge is 0.420 e. The van der Waals surface area contributed by atoms with E-state index in [0.29, 0.717) is 0 Å². The number of carbonyl (C=O) groups excluding carboxylic acids is 1. The fourth-order valence-electron chi connectivity index (χ4n) is 1.70. The van der Waals surface area contributed by atoms with Crippen LogP contribution in [0.2, 0.25) is 0 Å². The van der Waals surface area contributed by atoms with Crippen molar-refractivity contribution >= 4 is 23.5 Å². The van der Waals surface area contributed by atoms with Crippen LogP contribution in [0.3, 0.4) is 0 Å². The molecular weight excluding hydrogens is 261 g/mol. The molecule has 0 aliphatic carbocycles. The van der Waals surface area contributed by atoms with E-state index < -0.39 is 17.6 Å². The van der Waals surface area contributed by atoms with Crippen molar-refractivity contribution in [3.8, 4) is 5.75 Å². The molecule has 1 aliphatic heterocycles. The van der Waals surface area contributed by atoms with E-state index in [1.54, 1.807) is 6.92 Å². The maximum absolute atomic E-state index is 12.9. The molecular formula is C12H11F3N2O2. The Kier molecular flexibility index (Phi) is 3.46. The molecule has 1 aromatic rings. The SMILES string of the molecule is CCOc1cc2c(cc1C(F)(F)F)NC(=O)CC=N2. The lowest BCUT2D eigenvalue weighted by atomic mass is 10.1. The molecule has 0 aromatic heterocycles. The maximum Gasteiger partial charge on any atom is 0.420 e. The summed E-state index contributed by atoms with van der Waals surface area (Å²) in [6, 6.07) is 2.03. The fraction of sp³-hybridized carbons (Fsp3) is 0.333. The highest BCUT2D eigenvalue weighted by atomic mass is 19.4. The van der Waals surface area contributed by atoms with Gasteiger partial charge in [-0.2, -0.15) is 13.2 Å². The van der Waals surface area contributed by atoms with Crippen molar-refractivity contribution in [2.45, 2.75) is 19.5 Å². The van der Waals surface area contributed by atoms with Crippen molar-refractivity contribution in [3.63, 3.8) is 0 Å². The van der Waals surface area contributed by atoms with Crippen molar-refractivity contribution in [2.75, 3.05) is 11.9 Å². The Morgan fingerprint density at radius 3 is 2.79 bits per heavy atom. The number of aliphatic imine (C=N–C) groups is 1. The number of hydrogen-bond donors (Lipinski definition) is 1. The highest BCUT2D eigenvalue weighted by Crippen LogP contribution is 2.42. The third-order valence-electron chi connectivity index (χ3n) is 2.48. The summed E-state index contributed by atoms with van der Waals surface area (Å²) in [7, 11) is 0. The standard InChI is InChI=1S/C12H11F3N2O2/c1-2-19-10-6-8-9(5-7(10)12(13,14)15)17-11(18)3-4-16-8/h4-6H,2-3H2,1H3,(H,17,18). The van der Waals surface area contributed by atoms with Crippen molar-refractivity contribution in [3.05, 3.63) is 17.7 Å². The minimum absolute atomic E-state index is 0.0278. The van der Waals surface area contributed by atoms with Crippen LogP contribution in [0.25, 0.3) is 0 Å². The normalized spacial score (nSPS) is 14.6. The third kappa shape index (κ3) is 2.86. The predicted octanol–water partition coefficient (Wildman–Crippen LogP) is 3.15. The van der Waals surface area contributed by atoms with E-state index >= 15 is 0 Å². The van der Waals surface area contributed by atoms with Crippen molar-refractivity contribution < 1.29 is 22.7 Å². The fourth-order valence-corrected chi connectivity index (χ4v) is 1.70. The molecule has 19 heavy (non-hydrogen) atoms. The number of amides is 1. The van der Waals surface area contributed by atoms with Gasteiger partial charge in [0, 0.05) is 12.3 Å². The molecule has 0 fully saturated rings. The summed E-state index contributed by atoms with van der Waals surface area (Å²) in [5, 5.41) is 2.38. The van der Waals surface area contributed by atoms with E-state index in [0.717, 1.165) is 6.07 Å². The van der Waals surface area contributed by atoms with Crippen LogP contribution in [0, 0.1) is 0 Å². The molecule has 1 aliphatic rings. The number of hydrogen-bond acceptors (Lipinski definition) is 3. The first-order valence-corrected chi connectivity index (χ1v) is 5.62. The second-order valence-corrected chi connectivity index (χ2v) is 3.86. The van der Waals surface area contributed by atoms with Crippen LogP contribution < -0.4 is 10.1 Å². The average molecular weight is 272 g/mol. The lowest BCUT2D eigenvalue weighted by Gasteiger charge is -2.16. The molecule has 0 saturated heterocycles. The van der Waals surface area contributed by atoms with Gasteiger partial charge in [0.25, 0.3) is 0 Å². The van der Waals surface area contributed by atoms with Crippen LogP contribution in [0.5, 0.6) is 5.75 Å². The van der Waals surface area contributed by atoms with Crippen LogP contribution in [0.1, 0.15) is 18.9 Å². The summed E-state index contributed by atoms with van der Waals surface area (Å²) in [4.78, 5) is 15.3. The summed E-state index contributed by atoms with van der Waals surface area (Å²) in [5.74, 6) is -0.693. The molecule has 102 valence electrons. The van der Waals surface area contributed by atoms with Gasteiger partial charge in [0.1, 0.15) is 5.75 Å². The van der Waals surface area contributed by atoms with Gasteiger partial charge < -0.3 is 10.1 Å². The maximum atomic E-state index is 12.9. The molecule has 7 heteroatoms. The average Bonchev–Trinajstić information content (AvgIpc) is 2.47. The highest BCUT2D eigenvalue weighted by molar-refractivity contribution is 6.03. The van der Waals surface area contributed by atoms with Crippen LogP contribution in [0.15, 0.2) is 17.1 Å². The summed E-state index contributed by atoms with van der Waals surface area (Å²) < 4.78 is 43.7. The molecule has 0 saturated carbocycles. The minimum Gasteiger partial charge on any atom is -0.493 e. The van der Waals surface area contributed by atoms with E-state index in [9.17, 15) is 18.0 Å². The first-order chi connectivity index (χ1) is 8.91. The van der Waals surface area contributed by atoms with Crippen LogP contribution in [-0.2, 0) is 11.0 Å². The van der Waals surface area contributed by atoms with Gasteiger partial charge in [-0.05, 0) is 13.0 Å². The Labute approximate surface area is 107 Å². The minimum atomic E-state index is -4.56. The summed E-state index contributed by atoms with van der Waals surface area (Å²) in [6.45, 7) is 1.70. The zero-order valence-corrected chi connectivity index (χ0v) is 10.0. The molecule has 0 atom stereocenters. The van der Waals surface area contributed by atoms with Crippen molar-refractivity contribution in [1.29, 1.82) is 0 Å². The molecule has 0 radical (unpaired) electrons. The zero-order valence-electron chi connectivity index (χ0n) is 10.0. The van der Waals surface area contributed by atoms with Crippen LogP contribution in [0.4, 0.5) is 24.5 Å². The zero-order chi connectivity index (χ0) is 14.0. The molecule has 4 nitrogen and oxygen atoms in total. The lowest BCUT2D eigenvalue weighted by molar-refractivity contribution is -0.138. The number of fused-ring (bicyclic) bond motifs is 1. The summed E-state index contributed by atoms with van der Waals surface area (Å²) >= 11 is 0. The molecule has 0 spiro atoms. The van der Waals surface area contributed by atoms with Crippen molar-refractivity contribution in [2.24, 2.45) is 4.99 Å². The van der Waals surface area contributed by atoms with Gasteiger partial charge in [-0.3, -0.25) is 9.79 Å². The van der Waals surface area contributed by atoms with Gasteiger partial charge in [-0.15, -0.1) is 0 Å². The Bertz CT molecular complexity index is 539. The molecule has 1 heterocycles. The number of ether oxygens (including phenoxy) is 1. The number of alkyl halides is 3. The van der Waals surface area contributed by atoms with E-state index in [4.69, 9.17) is 4.74 Å². The van der Waals surface area contributed by atoms with Gasteiger partial charge in [-0.1, -0.05) is 0 Å². The monoisotopic (exact) mass is 272 g/mol. The number of carbonyl (C=O) groups is 1. The largest absolute Gasteiger partial charge is 0.493 e. The Morgan fingerprint density at radius 1 is 1.42 bits per heavy atom. The molecule has 0 bridgehead atoms. The lowest BCUT2D eigenvalue weighted by Crippen LogP contribution is -2.13. The van der Waals surface area contributed by atoms with Crippen LogP contribution >= 0.6 is 0 Å².